The van der Waals surface area contributed by atoms with Crippen LogP contribution in [0, 0.1) is 12.3 Å². The van der Waals surface area contributed by atoms with Crippen molar-refractivity contribution in [3.05, 3.63) is 0 Å². The number of carbonyl (C=O) groups excluding carboxylic acids is 2. The van der Waals surface area contributed by atoms with Crippen LogP contribution < -0.4 is 5.32 Å². The molecule has 0 aliphatic heterocycles. The Kier molecular flexibility index (Phi) is 4.49. The van der Waals surface area contributed by atoms with Crippen molar-refractivity contribution in [2.75, 3.05) is 13.7 Å². The highest BCUT2D eigenvalue weighted by Gasteiger charge is 2.15. The number of hydrogen-bond donors (Lipinski definition) is 2. The molecule has 0 rings (SSSR count). The van der Waals surface area contributed by atoms with E-state index in [4.69, 9.17) is 11.5 Å². The number of terminal acetylenes is 1. The maximum Gasteiger partial charge on any atom is 0.336 e. The van der Waals surface area contributed by atoms with Gasteiger partial charge in [-0.1, -0.05) is 0 Å². The second kappa shape index (κ2) is 5.16. The summed E-state index contributed by atoms with van der Waals surface area (Å²) in [6.07, 6.45) is 3.34. The lowest BCUT2D eigenvalue weighted by Crippen LogP contribution is -2.36. The Hall–Kier alpha value is -1.54. The van der Waals surface area contributed by atoms with Crippen LogP contribution in [0.2, 0.25) is 0 Å². The Morgan fingerprint density at radius 2 is 2.33 bits per heavy atom. The maximum absolute atomic E-state index is 10.5. The lowest BCUT2D eigenvalue weighted by atomic mass is 10.3. The Labute approximate surface area is 69.7 Å². The third-order valence-electron chi connectivity index (χ3n) is 1.06. The number of nitrogens with one attached hydrogen (secondary N) is 1. The molecule has 0 aliphatic rings. The summed E-state index contributed by atoms with van der Waals surface area (Å²) in [5.41, 5.74) is 0. The number of aliphatic hydroxyl groups excluding tert-OH is 1. The highest BCUT2D eigenvalue weighted by molar-refractivity contribution is 5.93. The molecule has 66 valence electrons. The van der Waals surface area contributed by atoms with E-state index in [9.17, 15) is 9.59 Å². The van der Waals surface area contributed by atoms with Gasteiger partial charge in [-0.15, -0.1) is 6.42 Å². The Morgan fingerprint density at radius 1 is 1.75 bits per heavy atom. The quantitative estimate of drug-likeness (QED) is 0.391. The van der Waals surface area contributed by atoms with Gasteiger partial charge in [-0.2, -0.15) is 0 Å². The number of carbonyl (C=O) groups is 2. The molecule has 0 aliphatic carbocycles. The van der Waals surface area contributed by atoms with Gasteiger partial charge in [0.05, 0.1) is 13.7 Å². The van der Waals surface area contributed by atoms with E-state index in [1.54, 1.807) is 5.92 Å². The minimum atomic E-state index is -1.37. The third kappa shape index (κ3) is 3.58. The molecule has 12 heavy (non-hydrogen) atoms. The van der Waals surface area contributed by atoms with Crippen molar-refractivity contribution in [1.29, 1.82) is 0 Å². The highest BCUT2D eigenvalue weighted by Crippen LogP contribution is 1.83. The van der Waals surface area contributed by atoms with Crippen LogP contribution in [0.25, 0.3) is 0 Å². The van der Waals surface area contributed by atoms with E-state index in [1.165, 1.54) is 0 Å². The number of hydrogen-bond acceptors (Lipinski definition) is 4. The molecule has 0 heterocycles. The average Bonchev–Trinajstić information content (AvgIpc) is 2.11. The van der Waals surface area contributed by atoms with E-state index in [1.807, 2.05) is 0 Å². The summed E-state index contributed by atoms with van der Waals surface area (Å²) in [6.45, 7) is -0.240. The first-order valence-corrected chi connectivity index (χ1v) is 3.12. The fourth-order valence-electron chi connectivity index (χ4n) is 0.460. The average molecular weight is 171 g/mol. The Morgan fingerprint density at radius 3 is 2.75 bits per heavy atom. The minimum Gasteiger partial charge on any atom is -0.467 e. The van der Waals surface area contributed by atoms with Crippen LogP contribution in [0.1, 0.15) is 0 Å². The van der Waals surface area contributed by atoms with Gasteiger partial charge < -0.3 is 15.2 Å². The van der Waals surface area contributed by atoms with Crippen LogP contribution in [0.3, 0.4) is 0 Å². The predicted octanol–water partition coefficient (Wildman–Crippen LogP) is -1.73. The molecule has 0 radical (unpaired) electrons. The van der Waals surface area contributed by atoms with Gasteiger partial charge >= 0.3 is 5.97 Å². The van der Waals surface area contributed by atoms with Crippen LogP contribution in [0.4, 0.5) is 0 Å². The first kappa shape index (κ1) is 10.5. The summed E-state index contributed by atoms with van der Waals surface area (Å²) < 4.78 is 4.19. The molecule has 1 atom stereocenters. The molecule has 0 bridgehead atoms. The zero-order valence-electron chi connectivity index (χ0n) is 6.53. The summed E-state index contributed by atoms with van der Waals surface area (Å²) in [6, 6.07) is 0. The van der Waals surface area contributed by atoms with Gasteiger partial charge in [0.1, 0.15) is 0 Å². The SMILES string of the molecule is C#CC(=O)NCC(O)C(=O)OC. The first-order valence-electron chi connectivity index (χ1n) is 3.12. The molecule has 0 aromatic carbocycles. The van der Waals surface area contributed by atoms with E-state index in [2.05, 4.69) is 10.1 Å². The van der Waals surface area contributed by atoms with Crippen LogP contribution in [0.5, 0.6) is 0 Å². The molecule has 0 saturated heterocycles. The second-order valence-electron chi connectivity index (χ2n) is 1.89. The van der Waals surface area contributed by atoms with E-state index in [0.717, 1.165) is 7.11 Å². The fourth-order valence-corrected chi connectivity index (χ4v) is 0.460. The predicted molar refractivity (Wildman–Crippen MR) is 39.9 cm³/mol. The molecule has 1 unspecified atom stereocenters. The molecule has 0 spiro atoms. The summed E-state index contributed by atoms with van der Waals surface area (Å²) in [7, 11) is 1.13. The number of amides is 1. The number of ether oxygens (including phenoxy) is 1. The van der Waals surface area contributed by atoms with Gasteiger partial charge in [-0.3, -0.25) is 4.79 Å². The number of esters is 1. The maximum atomic E-state index is 10.5. The Bertz CT molecular complexity index is 218. The van der Waals surface area contributed by atoms with Crippen molar-refractivity contribution in [3.8, 4) is 12.3 Å². The fraction of sp³-hybridized carbons (Fsp3) is 0.429. The highest BCUT2D eigenvalue weighted by atomic mass is 16.5. The normalized spacial score (nSPS) is 11.1. The van der Waals surface area contributed by atoms with E-state index >= 15 is 0 Å². The lowest BCUT2D eigenvalue weighted by molar-refractivity contribution is -0.150. The van der Waals surface area contributed by atoms with E-state index < -0.39 is 18.0 Å². The van der Waals surface area contributed by atoms with Gasteiger partial charge in [0.15, 0.2) is 6.10 Å². The molecule has 2 N–H and O–H groups in total. The van der Waals surface area contributed by atoms with Crippen molar-refractivity contribution >= 4 is 11.9 Å². The molecular formula is C7H9NO4. The molecule has 0 aromatic heterocycles. The number of methoxy groups -OCH3 is 1. The zero-order chi connectivity index (χ0) is 9.56. The standard InChI is InChI=1S/C7H9NO4/c1-3-6(10)8-4-5(9)7(11)12-2/h1,5,9H,4H2,2H3,(H,8,10). The monoisotopic (exact) mass is 171 g/mol. The second-order valence-corrected chi connectivity index (χ2v) is 1.89. The van der Waals surface area contributed by atoms with Gasteiger partial charge in [0, 0.05) is 0 Å². The van der Waals surface area contributed by atoms with E-state index in [-0.39, 0.29) is 6.54 Å². The first-order chi connectivity index (χ1) is 5.61. The number of rotatable bonds is 3. The van der Waals surface area contributed by atoms with Crippen LogP contribution in [-0.2, 0) is 14.3 Å². The lowest BCUT2D eigenvalue weighted by Gasteiger charge is -2.06. The Balaban J connectivity index is 3.73. The molecule has 5 nitrogen and oxygen atoms in total. The topological polar surface area (TPSA) is 75.6 Å². The molecule has 0 saturated carbocycles. The van der Waals surface area contributed by atoms with Crippen LogP contribution in [-0.4, -0.2) is 36.7 Å². The van der Waals surface area contributed by atoms with E-state index in [0.29, 0.717) is 0 Å². The number of aliphatic hydroxyl groups is 1. The molecule has 5 heteroatoms. The smallest absolute Gasteiger partial charge is 0.336 e. The summed E-state index contributed by atoms with van der Waals surface area (Å²) >= 11 is 0. The summed E-state index contributed by atoms with van der Waals surface area (Å²) in [5.74, 6) is 0.269. The third-order valence-corrected chi connectivity index (χ3v) is 1.06. The van der Waals surface area contributed by atoms with Crippen LogP contribution in [0.15, 0.2) is 0 Å². The molecule has 0 fully saturated rings. The van der Waals surface area contributed by atoms with Crippen molar-refractivity contribution in [3.63, 3.8) is 0 Å². The van der Waals surface area contributed by atoms with Gasteiger partial charge in [-0.25, -0.2) is 4.79 Å². The molecule has 1 amide bonds. The summed E-state index contributed by atoms with van der Waals surface area (Å²) in [5, 5.41) is 11.0. The van der Waals surface area contributed by atoms with Crippen molar-refractivity contribution in [2.45, 2.75) is 6.10 Å². The van der Waals surface area contributed by atoms with Gasteiger partial charge in [-0.05, 0) is 5.92 Å². The zero-order valence-corrected chi connectivity index (χ0v) is 6.53. The van der Waals surface area contributed by atoms with Crippen molar-refractivity contribution in [2.24, 2.45) is 0 Å². The molecule has 0 aromatic rings. The largest absolute Gasteiger partial charge is 0.467 e. The van der Waals surface area contributed by atoms with Gasteiger partial charge in [0.2, 0.25) is 0 Å². The van der Waals surface area contributed by atoms with Crippen molar-refractivity contribution < 1.29 is 19.4 Å². The van der Waals surface area contributed by atoms with Crippen molar-refractivity contribution in [1.82, 2.24) is 5.32 Å². The van der Waals surface area contributed by atoms with Gasteiger partial charge in [0.25, 0.3) is 5.91 Å². The minimum absolute atomic E-state index is 0.240. The summed E-state index contributed by atoms with van der Waals surface area (Å²) in [4.78, 5) is 21.0. The molecular weight excluding hydrogens is 162 g/mol. The van der Waals surface area contributed by atoms with Crippen LogP contribution >= 0.6 is 0 Å².